The molecule has 0 saturated carbocycles. The Labute approximate surface area is 119 Å². The minimum absolute atomic E-state index is 0.000226. The second kappa shape index (κ2) is 5.47. The summed E-state index contributed by atoms with van der Waals surface area (Å²) in [6.07, 6.45) is -3.46. The van der Waals surface area contributed by atoms with Crippen molar-refractivity contribution in [3.8, 4) is 0 Å². The molecule has 2 rings (SSSR count). The van der Waals surface area contributed by atoms with Gasteiger partial charge in [0.15, 0.2) is 11.9 Å². The van der Waals surface area contributed by atoms with Crippen LogP contribution in [0.4, 0.5) is 25.1 Å². The van der Waals surface area contributed by atoms with Gasteiger partial charge >= 0.3 is 0 Å². The second-order valence-electron chi connectivity index (χ2n) is 5.13. The summed E-state index contributed by atoms with van der Waals surface area (Å²) in [6, 6.07) is -0.000226. The van der Waals surface area contributed by atoms with Gasteiger partial charge in [-0.2, -0.15) is 15.0 Å². The van der Waals surface area contributed by atoms with Crippen LogP contribution in [0.2, 0.25) is 0 Å². The van der Waals surface area contributed by atoms with Crippen molar-refractivity contribution < 1.29 is 18.3 Å². The molecule has 0 aromatic carbocycles. The van der Waals surface area contributed by atoms with Gasteiger partial charge < -0.3 is 16.2 Å². The molecule has 0 unspecified atom stereocenters. The van der Waals surface area contributed by atoms with Gasteiger partial charge in [0.05, 0.1) is 0 Å². The molecule has 21 heavy (non-hydrogen) atoms. The first kappa shape index (κ1) is 15.5. The Bertz CT molecular complexity index is 576. The third-order valence-electron chi connectivity index (χ3n) is 2.98. The quantitative estimate of drug-likeness (QED) is 0.787. The van der Waals surface area contributed by atoms with E-state index in [1.165, 1.54) is 0 Å². The van der Waals surface area contributed by atoms with E-state index < -0.39 is 24.3 Å². The lowest BCUT2D eigenvalue weighted by molar-refractivity contribution is -0.107. The van der Waals surface area contributed by atoms with E-state index in [4.69, 9.17) is 5.73 Å². The van der Waals surface area contributed by atoms with Crippen molar-refractivity contribution in [2.24, 2.45) is 0 Å². The van der Waals surface area contributed by atoms with Crippen molar-refractivity contribution in [3.63, 3.8) is 0 Å². The monoisotopic (exact) mass is 303 g/mol. The van der Waals surface area contributed by atoms with Crippen molar-refractivity contribution in [2.75, 3.05) is 11.1 Å². The summed E-state index contributed by atoms with van der Waals surface area (Å²) in [5.74, 6) is -4.99. The fraction of sp³-hybridized carbons (Fsp3) is 0.583. The van der Waals surface area contributed by atoms with Gasteiger partial charge in [-0.3, -0.25) is 0 Å². The molecule has 1 aromatic rings. The first-order valence-corrected chi connectivity index (χ1v) is 6.43. The van der Waals surface area contributed by atoms with E-state index in [9.17, 15) is 18.3 Å². The Morgan fingerprint density at radius 1 is 1.33 bits per heavy atom. The van der Waals surface area contributed by atoms with Crippen molar-refractivity contribution in [3.05, 3.63) is 11.7 Å². The van der Waals surface area contributed by atoms with Crippen LogP contribution in [0.15, 0.2) is 5.83 Å². The number of halogens is 3. The minimum atomic E-state index is -3.49. The molecular formula is C12H16F3N5O. The van der Waals surface area contributed by atoms with Crippen molar-refractivity contribution in [1.82, 2.24) is 15.0 Å². The Kier molecular flexibility index (Phi) is 4.04. The van der Waals surface area contributed by atoms with Crippen molar-refractivity contribution in [1.29, 1.82) is 0 Å². The number of anilines is 2. The van der Waals surface area contributed by atoms with Crippen molar-refractivity contribution in [2.45, 2.75) is 44.8 Å². The van der Waals surface area contributed by atoms with Gasteiger partial charge in [-0.25, -0.2) is 13.2 Å². The van der Waals surface area contributed by atoms with Crippen LogP contribution in [0.25, 0.3) is 5.57 Å². The average Bonchev–Trinajstić information content (AvgIpc) is 2.34. The van der Waals surface area contributed by atoms with E-state index in [0.29, 0.717) is 0 Å². The van der Waals surface area contributed by atoms with Crippen LogP contribution >= 0.6 is 0 Å². The van der Waals surface area contributed by atoms with Crippen LogP contribution in [-0.2, 0) is 0 Å². The van der Waals surface area contributed by atoms with Crippen LogP contribution < -0.4 is 11.1 Å². The molecule has 116 valence electrons. The van der Waals surface area contributed by atoms with Crippen LogP contribution in [0.5, 0.6) is 0 Å². The SMILES string of the molecule is CC(C)Nc1nc(N)nc(C2=C(F)[C@H](O)C(F)(F)CC2)n1. The molecule has 0 fully saturated rings. The molecule has 6 nitrogen and oxygen atoms in total. The normalized spacial score (nSPS) is 21.8. The zero-order valence-electron chi connectivity index (χ0n) is 11.6. The topological polar surface area (TPSA) is 97.0 Å². The molecule has 0 spiro atoms. The van der Waals surface area contributed by atoms with Crippen LogP contribution in [0.1, 0.15) is 32.5 Å². The summed E-state index contributed by atoms with van der Waals surface area (Å²) in [5, 5.41) is 12.2. The predicted octanol–water partition coefficient (Wildman–Crippen LogP) is 1.74. The number of nitrogen functional groups attached to an aromatic ring is 1. The lowest BCUT2D eigenvalue weighted by Gasteiger charge is -2.27. The molecule has 1 aliphatic carbocycles. The van der Waals surface area contributed by atoms with E-state index in [1.807, 2.05) is 13.8 Å². The number of aliphatic hydroxyl groups excluding tert-OH is 1. The summed E-state index contributed by atoms with van der Waals surface area (Å²) in [4.78, 5) is 11.6. The fourth-order valence-electron chi connectivity index (χ4n) is 1.97. The lowest BCUT2D eigenvalue weighted by atomic mass is 9.92. The standard InChI is InChI=1S/C12H16F3N5O/c1-5(2)17-11-19-9(18-10(16)20-11)6-3-4-12(14,15)8(21)7(6)13/h5,8,21H,3-4H2,1-2H3,(H3,16,17,18,19,20)/t8-/m0/s1. The number of nitrogens with zero attached hydrogens (tertiary/aromatic N) is 3. The highest BCUT2D eigenvalue weighted by atomic mass is 19.3. The molecule has 0 amide bonds. The maximum absolute atomic E-state index is 13.9. The molecule has 0 radical (unpaired) electrons. The third kappa shape index (κ3) is 3.23. The highest BCUT2D eigenvalue weighted by molar-refractivity contribution is 5.65. The third-order valence-corrected chi connectivity index (χ3v) is 2.98. The Hall–Kier alpha value is -1.90. The fourth-order valence-corrected chi connectivity index (χ4v) is 1.97. The van der Waals surface area contributed by atoms with Crippen LogP contribution in [-0.4, -0.2) is 38.1 Å². The smallest absolute Gasteiger partial charge is 0.280 e. The first-order valence-electron chi connectivity index (χ1n) is 6.43. The van der Waals surface area contributed by atoms with E-state index >= 15 is 0 Å². The highest BCUT2D eigenvalue weighted by Crippen LogP contribution is 2.40. The molecule has 0 bridgehead atoms. The number of nitrogens with one attached hydrogen (secondary N) is 1. The number of allylic oxidation sites excluding steroid dienone is 1. The van der Waals surface area contributed by atoms with Gasteiger partial charge in [0.2, 0.25) is 11.9 Å². The zero-order valence-corrected chi connectivity index (χ0v) is 11.6. The molecule has 0 saturated heterocycles. The summed E-state index contributed by atoms with van der Waals surface area (Å²) >= 11 is 0. The molecule has 0 aliphatic heterocycles. The number of alkyl halides is 2. The summed E-state index contributed by atoms with van der Waals surface area (Å²) < 4.78 is 40.4. The van der Waals surface area contributed by atoms with Crippen molar-refractivity contribution >= 4 is 17.5 Å². The van der Waals surface area contributed by atoms with E-state index in [0.717, 1.165) is 0 Å². The Balaban J connectivity index is 2.42. The van der Waals surface area contributed by atoms with Crippen LogP contribution in [0.3, 0.4) is 0 Å². The summed E-state index contributed by atoms with van der Waals surface area (Å²) in [7, 11) is 0. The molecule has 4 N–H and O–H groups in total. The molecule has 1 atom stereocenters. The molecule has 9 heteroatoms. The van der Waals surface area contributed by atoms with E-state index in [2.05, 4.69) is 20.3 Å². The Morgan fingerprint density at radius 2 is 2.00 bits per heavy atom. The number of hydrogen-bond acceptors (Lipinski definition) is 6. The molecule has 1 heterocycles. The molecule has 1 aromatic heterocycles. The average molecular weight is 303 g/mol. The van der Waals surface area contributed by atoms with Gasteiger partial charge in [-0.15, -0.1) is 0 Å². The highest BCUT2D eigenvalue weighted by Gasteiger charge is 2.46. The summed E-state index contributed by atoms with van der Waals surface area (Å²) in [5.41, 5.74) is 5.35. The number of nitrogens with two attached hydrogens (primary N) is 1. The molecule has 1 aliphatic rings. The second-order valence-corrected chi connectivity index (χ2v) is 5.13. The van der Waals surface area contributed by atoms with Gasteiger partial charge in [-0.05, 0) is 20.3 Å². The van der Waals surface area contributed by atoms with Gasteiger partial charge in [-0.1, -0.05) is 0 Å². The summed E-state index contributed by atoms with van der Waals surface area (Å²) in [6.45, 7) is 3.68. The van der Waals surface area contributed by atoms with E-state index in [-0.39, 0.29) is 35.8 Å². The number of aromatic nitrogens is 3. The number of rotatable bonds is 3. The van der Waals surface area contributed by atoms with Gasteiger partial charge in [0.25, 0.3) is 5.92 Å². The zero-order chi connectivity index (χ0) is 15.8. The van der Waals surface area contributed by atoms with E-state index in [1.54, 1.807) is 0 Å². The van der Waals surface area contributed by atoms with Gasteiger partial charge in [0, 0.05) is 18.0 Å². The predicted molar refractivity (Wildman–Crippen MR) is 71.2 cm³/mol. The first-order chi connectivity index (χ1) is 9.70. The number of aliphatic hydroxyl groups is 1. The minimum Gasteiger partial charge on any atom is -0.380 e. The maximum atomic E-state index is 13.9. The number of hydrogen-bond donors (Lipinski definition) is 3. The largest absolute Gasteiger partial charge is 0.380 e. The molecular weight excluding hydrogens is 287 g/mol. The Morgan fingerprint density at radius 3 is 2.62 bits per heavy atom. The van der Waals surface area contributed by atoms with Crippen LogP contribution in [0, 0.1) is 0 Å². The lowest BCUT2D eigenvalue weighted by Crippen LogP contribution is -2.37. The van der Waals surface area contributed by atoms with Gasteiger partial charge in [0.1, 0.15) is 5.83 Å². The maximum Gasteiger partial charge on any atom is 0.280 e.